The maximum atomic E-state index is 10.7. The highest BCUT2D eigenvalue weighted by Crippen LogP contribution is 2.20. The molecule has 2 atom stereocenters. The topological polar surface area (TPSA) is 82.4 Å². The molecule has 2 unspecified atom stereocenters. The Morgan fingerprint density at radius 1 is 1.47 bits per heavy atom. The summed E-state index contributed by atoms with van der Waals surface area (Å²) < 4.78 is 5.49. The zero-order valence-electron chi connectivity index (χ0n) is 9.09. The van der Waals surface area contributed by atoms with E-state index in [1.807, 2.05) is 18.2 Å². The Kier molecular flexibility index (Phi) is 3.38. The number of hydrogen-bond donors (Lipinski definition) is 2. The summed E-state index contributed by atoms with van der Waals surface area (Å²) in [4.78, 5) is 10.7. The van der Waals surface area contributed by atoms with Crippen LogP contribution in [-0.4, -0.2) is 30.3 Å². The van der Waals surface area contributed by atoms with Crippen molar-refractivity contribution in [3.8, 4) is 6.07 Å². The molecule has 1 aromatic carbocycles. The normalized spacial score (nSPS) is 23.9. The van der Waals surface area contributed by atoms with Gasteiger partial charge in [-0.05, 0) is 17.7 Å². The molecule has 1 fully saturated rings. The minimum absolute atomic E-state index is 0.153. The Bertz CT molecular complexity index is 442. The fourth-order valence-corrected chi connectivity index (χ4v) is 1.72. The molecule has 0 aromatic heterocycles. The highest BCUT2D eigenvalue weighted by atomic mass is 16.5. The Hall–Kier alpha value is -1.90. The molecule has 5 heteroatoms. The van der Waals surface area contributed by atoms with Gasteiger partial charge in [0, 0.05) is 6.54 Å². The van der Waals surface area contributed by atoms with Gasteiger partial charge in [0.15, 0.2) is 0 Å². The van der Waals surface area contributed by atoms with Crippen molar-refractivity contribution < 1.29 is 14.6 Å². The molecule has 1 saturated heterocycles. The van der Waals surface area contributed by atoms with Crippen molar-refractivity contribution in [3.05, 3.63) is 35.4 Å². The lowest BCUT2D eigenvalue weighted by atomic mass is 10.1. The highest BCUT2D eigenvalue weighted by molar-refractivity contribution is 5.73. The quantitative estimate of drug-likeness (QED) is 0.783. The van der Waals surface area contributed by atoms with Gasteiger partial charge in [0.05, 0.1) is 24.3 Å². The molecule has 0 radical (unpaired) electrons. The number of aliphatic carboxylic acids is 1. The molecular formula is C12H12N2O3. The molecule has 0 spiro atoms. The minimum atomic E-state index is -0.900. The number of ether oxygens (including phenoxy) is 1. The van der Waals surface area contributed by atoms with Crippen LogP contribution in [0.5, 0.6) is 0 Å². The minimum Gasteiger partial charge on any atom is -0.480 e. The second-order valence-electron chi connectivity index (χ2n) is 3.85. The summed E-state index contributed by atoms with van der Waals surface area (Å²) in [6.45, 7) is 0.614. The lowest BCUT2D eigenvalue weighted by Crippen LogP contribution is -2.47. The van der Waals surface area contributed by atoms with E-state index in [0.29, 0.717) is 12.1 Å². The number of nitrogens with one attached hydrogen (secondary N) is 1. The smallest absolute Gasteiger partial charge is 0.323 e. The summed E-state index contributed by atoms with van der Waals surface area (Å²) in [5.74, 6) is -0.900. The fraction of sp³-hybridized carbons (Fsp3) is 0.333. The van der Waals surface area contributed by atoms with E-state index in [9.17, 15) is 4.79 Å². The van der Waals surface area contributed by atoms with Crippen LogP contribution in [-0.2, 0) is 9.53 Å². The van der Waals surface area contributed by atoms with Crippen LogP contribution in [0.15, 0.2) is 24.3 Å². The largest absolute Gasteiger partial charge is 0.480 e. The van der Waals surface area contributed by atoms with Crippen molar-refractivity contribution in [1.29, 1.82) is 5.26 Å². The Morgan fingerprint density at radius 3 is 2.65 bits per heavy atom. The van der Waals surface area contributed by atoms with E-state index in [2.05, 4.69) is 5.32 Å². The average molecular weight is 232 g/mol. The third-order valence-corrected chi connectivity index (χ3v) is 2.72. The van der Waals surface area contributed by atoms with Gasteiger partial charge in [-0.3, -0.25) is 10.1 Å². The number of carboxylic acids is 1. The average Bonchev–Trinajstić information content (AvgIpc) is 2.39. The van der Waals surface area contributed by atoms with Gasteiger partial charge in [0.25, 0.3) is 0 Å². The number of benzene rings is 1. The van der Waals surface area contributed by atoms with E-state index >= 15 is 0 Å². The van der Waals surface area contributed by atoms with E-state index in [1.165, 1.54) is 0 Å². The molecular weight excluding hydrogens is 220 g/mol. The maximum Gasteiger partial charge on any atom is 0.323 e. The van der Waals surface area contributed by atoms with Crippen LogP contribution in [0.3, 0.4) is 0 Å². The van der Waals surface area contributed by atoms with Crippen LogP contribution in [0.1, 0.15) is 17.2 Å². The first-order valence-electron chi connectivity index (χ1n) is 5.28. The molecule has 0 aliphatic carbocycles. The molecule has 5 nitrogen and oxygen atoms in total. The molecule has 0 saturated carbocycles. The second-order valence-corrected chi connectivity index (χ2v) is 3.85. The van der Waals surface area contributed by atoms with Crippen LogP contribution in [0.25, 0.3) is 0 Å². The van der Waals surface area contributed by atoms with Crippen molar-refractivity contribution in [2.45, 2.75) is 12.1 Å². The van der Waals surface area contributed by atoms with Crippen molar-refractivity contribution in [2.24, 2.45) is 0 Å². The molecule has 1 heterocycles. The maximum absolute atomic E-state index is 10.7. The van der Waals surface area contributed by atoms with E-state index in [1.54, 1.807) is 12.1 Å². The van der Waals surface area contributed by atoms with Gasteiger partial charge in [-0.2, -0.15) is 5.26 Å². The number of rotatable bonds is 2. The standard InChI is InChI=1S/C12H12N2O3/c13-5-8-1-3-9(4-2-8)11-6-14-10(7-17-11)12(15)16/h1-4,10-11,14H,6-7H2,(H,15,16). The fourth-order valence-electron chi connectivity index (χ4n) is 1.72. The van der Waals surface area contributed by atoms with Crippen LogP contribution in [0.4, 0.5) is 0 Å². The lowest BCUT2D eigenvalue weighted by Gasteiger charge is -2.28. The zero-order chi connectivity index (χ0) is 12.3. The summed E-state index contributed by atoms with van der Waals surface area (Å²) in [5.41, 5.74) is 1.54. The summed E-state index contributed by atoms with van der Waals surface area (Å²) in [6.07, 6.45) is -0.154. The number of nitrogens with zero attached hydrogens (tertiary/aromatic N) is 1. The van der Waals surface area contributed by atoms with Crippen molar-refractivity contribution in [1.82, 2.24) is 5.32 Å². The summed E-state index contributed by atoms with van der Waals surface area (Å²) >= 11 is 0. The zero-order valence-corrected chi connectivity index (χ0v) is 9.09. The van der Waals surface area contributed by atoms with Crippen molar-refractivity contribution in [3.63, 3.8) is 0 Å². The predicted molar refractivity (Wildman–Crippen MR) is 59.3 cm³/mol. The third-order valence-electron chi connectivity index (χ3n) is 2.72. The first-order valence-corrected chi connectivity index (χ1v) is 5.28. The van der Waals surface area contributed by atoms with Gasteiger partial charge in [-0.15, -0.1) is 0 Å². The molecule has 0 bridgehead atoms. The Balaban J connectivity index is 2.00. The van der Waals surface area contributed by atoms with Crippen LogP contribution >= 0.6 is 0 Å². The predicted octanol–water partition coefficient (Wildman–Crippen LogP) is 0.672. The molecule has 1 aliphatic heterocycles. The molecule has 17 heavy (non-hydrogen) atoms. The van der Waals surface area contributed by atoms with E-state index in [0.717, 1.165) is 5.56 Å². The van der Waals surface area contributed by atoms with Gasteiger partial charge < -0.3 is 9.84 Å². The molecule has 2 N–H and O–H groups in total. The van der Waals surface area contributed by atoms with Crippen LogP contribution in [0, 0.1) is 11.3 Å². The Labute approximate surface area is 98.6 Å². The number of nitriles is 1. The van der Waals surface area contributed by atoms with Crippen LogP contribution < -0.4 is 5.32 Å². The van der Waals surface area contributed by atoms with Crippen molar-refractivity contribution >= 4 is 5.97 Å². The summed E-state index contributed by atoms with van der Waals surface area (Å²) in [7, 11) is 0. The van der Waals surface area contributed by atoms with Gasteiger partial charge in [-0.1, -0.05) is 12.1 Å². The molecule has 0 amide bonds. The third kappa shape index (κ3) is 2.61. The second kappa shape index (κ2) is 4.95. The van der Waals surface area contributed by atoms with Gasteiger partial charge >= 0.3 is 5.97 Å². The monoisotopic (exact) mass is 232 g/mol. The summed E-state index contributed by atoms with van der Waals surface area (Å²) in [5, 5.41) is 20.4. The van der Waals surface area contributed by atoms with Crippen molar-refractivity contribution in [2.75, 3.05) is 13.2 Å². The molecule has 88 valence electrons. The van der Waals surface area contributed by atoms with Gasteiger partial charge in [0.2, 0.25) is 0 Å². The first-order chi connectivity index (χ1) is 8.20. The number of morpholine rings is 1. The highest BCUT2D eigenvalue weighted by Gasteiger charge is 2.26. The van der Waals surface area contributed by atoms with E-state index in [4.69, 9.17) is 15.1 Å². The van der Waals surface area contributed by atoms with Gasteiger partial charge in [0.1, 0.15) is 6.04 Å². The number of hydrogen-bond acceptors (Lipinski definition) is 4. The molecule has 1 aromatic rings. The Morgan fingerprint density at radius 2 is 2.18 bits per heavy atom. The molecule has 1 aliphatic rings. The molecule has 2 rings (SSSR count). The first kappa shape index (κ1) is 11.6. The van der Waals surface area contributed by atoms with E-state index < -0.39 is 12.0 Å². The number of carboxylic acid groups (broad SMARTS) is 1. The summed E-state index contributed by atoms with van der Waals surface area (Å²) in [6, 6.07) is 8.51. The SMILES string of the molecule is N#Cc1ccc(C2CNC(C(=O)O)CO2)cc1. The van der Waals surface area contributed by atoms with Crippen LogP contribution in [0.2, 0.25) is 0 Å². The number of carbonyl (C=O) groups is 1. The van der Waals surface area contributed by atoms with E-state index in [-0.39, 0.29) is 12.7 Å². The lowest BCUT2D eigenvalue weighted by molar-refractivity contribution is -0.144. The van der Waals surface area contributed by atoms with Gasteiger partial charge in [-0.25, -0.2) is 0 Å².